The summed E-state index contributed by atoms with van der Waals surface area (Å²) in [5.74, 6) is 0.152. The van der Waals surface area contributed by atoms with Gasteiger partial charge in [0.2, 0.25) is 5.91 Å². The lowest BCUT2D eigenvalue weighted by Gasteiger charge is -2.33. The summed E-state index contributed by atoms with van der Waals surface area (Å²) in [5.41, 5.74) is -0.249. The van der Waals surface area contributed by atoms with Crippen molar-refractivity contribution in [2.24, 2.45) is 5.92 Å². The van der Waals surface area contributed by atoms with Crippen molar-refractivity contribution in [3.05, 3.63) is 12.7 Å². The molecule has 0 rings (SSSR count). The van der Waals surface area contributed by atoms with E-state index in [4.69, 9.17) is 0 Å². The molecule has 0 aromatic heterocycles. The molecule has 0 aliphatic rings. The van der Waals surface area contributed by atoms with Crippen molar-refractivity contribution < 1.29 is 9.59 Å². The van der Waals surface area contributed by atoms with Gasteiger partial charge < -0.3 is 16.0 Å². The van der Waals surface area contributed by atoms with Crippen LogP contribution in [-0.4, -0.2) is 42.4 Å². The molecule has 0 spiro atoms. The van der Waals surface area contributed by atoms with E-state index in [1.54, 1.807) is 0 Å². The minimum absolute atomic E-state index is 0.0347. The predicted octanol–water partition coefficient (Wildman–Crippen LogP) is 2.81. The van der Waals surface area contributed by atoms with Crippen molar-refractivity contribution in [1.82, 2.24) is 16.0 Å². The van der Waals surface area contributed by atoms with E-state index in [0.717, 1.165) is 25.9 Å². The summed E-state index contributed by atoms with van der Waals surface area (Å²) in [6.45, 7) is 18.3. The molecule has 0 radical (unpaired) electrons. The highest BCUT2D eigenvalue weighted by Crippen LogP contribution is 2.08. The summed E-state index contributed by atoms with van der Waals surface area (Å²) >= 11 is 0. The first kappa shape index (κ1) is 23.8. The number of amides is 1. The van der Waals surface area contributed by atoms with Crippen LogP contribution in [0.25, 0.3) is 0 Å². The molecule has 0 aliphatic heterocycles. The van der Waals surface area contributed by atoms with Gasteiger partial charge in [-0.25, -0.2) is 0 Å². The van der Waals surface area contributed by atoms with Crippen molar-refractivity contribution in [3.63, 3.8) is 0 Å². The highest BCUT2D eigenvalue weighted by atomic mass is 16.2. The summed E-state index contributed by atoms with van der Waals surface area (Å²) in [6.07, 6.45) is 4.27. The largest absolute Gasteiger partial charge is 0.354 e. The van der Waals surface area contributed by atoms with Crippen LogP contribution in [0.4, 0.5) is 0 Å². The van der Waals surface area contributed by atoms with E-state index in [0.29, 0.717) is 13.0 Å². The van der Waals surface area contributed by atoms with Gasteiger partial charge in [-0.2, -0.15) is 0 Å². The first-order valence-electron chi connectivity index (χ1n) is 9.43. The van der Waals surface area contributed by atoms with E-state index >= 15 is 0 Å². The lowest BCUT2D eigenvalue weighted by atomic mass is 9.99. The lowest BCUT2D eigenvalue weighted by Crippen LogP contribution is -2.56. The second-order valence-corrected chi connectivity index (χ2v) is 8.18. The molecule has 0 aromatic carbocycles. The second kappa shape index (κ2) is 11.4. The first-order chi connectivity index (χ1) is 11.5. The first-order valence-corrected chi connectivity index (χ1v) is 9.43. The third kappa shape index (κ3) is 11.9. The van der Waals surface area contributed by atoms with Gasteiger partial charge in [0.15, 0.2) is 0 Å². The average molecular weight is 354 g/mol. The minimum Gasteiger partial charge on any atom is -0.354 e. The Labute approximate surface area is 154 Å². The molecule has 0 saturated carbocycles. The van der Waals surface area contributed by atoms with Gasteiger partial charge in [-0.1, -0.05) is 19.9 Å². The zero-order valence-electron chi connectivity index (χ0n) is 17.1. The molecule has 0 aliphatic carbocycles. The van der Waals surface area contributed by atoms with Gasteiger partial charge in [-0.05, 0) is 47.1 Å². The van der Waals surface area contributed by atoms with Gasteiger partial charge in [-0.3, -0.25) is 9.59 Å². The van der Waals surface area contributed by atoms with Gasteiger partial charge in [0, 0.05) is 42.9 Å². The van der Waals surface area contributed by atoms with Gasteiger partial charge >= 0.3 is 0 Å². The van der Waals surface area contributed by atoms with Crippen LogP contribution in [0.3, 0.4) is 0 Å². The molecule has 0 aromatic rings. The summed E-state index contributed by atoms with van der Waals surface area (Å²) in [6, 6.07) is 0. The van der Waals surface area contributed by atoms with E-state index in [1.165, 1.54) is 0 Å². The van der Waals surface area contributed by atoms with Crippen molar-refractivity contribution in [1.29, 1.82) is 0 Å². The number of nitrogens with one attached hydrogen (secondary N) is 3. The Morgan fingerprint density at radius 2 is 1.64 bits per heavy atom. The van der Waals surface area contributed by atoms with Crippen molar-refractivity contribution in [2.45, 2.75) is 78.3 Å². The molecule has 1 atom stereocenters. The summed E-state index contributed by atoms with van der Waals surface area (Å²) in [4.78, 5) is 23.8. The molecule has 0 saturated heterocycles. The van der Waals surface area contributed by atoms with Crippen LogP contribution in [0.15, 0.2) is 12.7 Å². The van der Waals surface area contributed by atoms with Crippen LogP contribution >= 0.6 is 0 Å². The Morgan fingerprint density at radius 1 is 1.04 bits per heavy atom. The monoisotopic (exact) mass is 353 g/mol. The molecular weight excluding hydrogens is 314 g/mol. The molecule has 0 bridgehead atoms. The second-order valence-electron chi connectivity index (χ2n) is 8.18. The SMILES string of the molecule is C=CCCNC(C)(C)CNC(C)(C)CNC(=O)CCC(=O)C(C)CC. The normalized spacial score (nSPS) is 13.4. The standard InChI is InChI=1S/C20H39N3O2/c1-8-10-13-22-20(6,7)15-23-19(4,5)14-21-18(25)12-11-17(24)16(3)9-2/h8,16,22-23H,1,9-15H2,2-7H3,(H,21,25). The van der Waals surface area contributed by atoms with Crippen LogP contribution in [-0.2, 0) is 9.59 Å². The smallest absolute Gasteiger partial charge is 0.220 e. The Bertz CT molecular complexity index is 431. The van der Waals surface area contributed by atoms with E-state index in [9.17, 15) is 9.59 Å². The lowest BCUT2D eigenvalue weighted by molar-refractivity contribution is -0.127. The number of rotatable bonds is 14. The molecule has 0 heterocycles. The fourth-order valence-electron chi connectivity index (χ4n) is 2.22. The third-order valence-corrected chi connectivity index (χ3v) is 4.45. The molecule has 5 heteroatoms. The fraction of sp³-hybridized carbons (Fsp3) is 0.800. The molecule has 1 unspecified atom stereocenters. The quantitative estimate of drug-likeness (QED) is 0.332. The van der Waals surface area contributed by atoms with Crippen LogP contribution in [0.5, 0.6) is 0 Å². The highest BCUT2D eigenvalue weighted by molar-refractivity contribution is 5.86. The molecule has 5 nitrogen and oxygen atoms in total. The molecule has 146 valence electrons. The van der Waals surface area contributed by atoms with E-state index < -0.39 is 0 Å². The van der Waals surface area contributed by atoms with Gasteiger partial charge in [0.05, 0.1) is 0 Å². The number of ketones is 1. The molecule has 0 fully saturated rings. The van der Waals surface area contributed by atoms with E-state index in [1.807, 2.05) is 19.9 Å². The Hall–Kier alpha value is -1.20. The summed E-state index contributed by atoms with van der Waals surface area (Å²) < 4.78 is 0. The maximum atomic E-state index is 12.0. The van der Waals surface area contributed by atoms with Gasteiger partial charge in [-0.15, -0.1) is 6.58 Å². The summed E-state index contributed by atoms with van der Waals surface area (Å²) in [7, 11) is 0. The predicted molar refractivity (Wildman–Crippen MR) is 106 cm³/mol. The third-order valence-electron chi connectivity index (χ3n) is 4.45. The van der Waals surface area contributed by atoms with Crippen LogP contribution in [0.1, 0.15) is 67.2 Å². The number of hydrogen-bond donors (Lipinski definition) is 3. The van der Waals surface area contributed by atoms with Crippen LogP contribution in [0.2, 0.25) is 0 Å². The Balaban J connectivity index is 4.15. The maximum absolute atomic E-state index is 12.0. The molecular formula is C20H39N3O2. The van der Waals surface area contributed by atoms with Crippen LogP contribution < -0.4 is 16.0 Å². The zero-order chi connectivity index (χ0) is 19.5. The number of carbonyl (C=O) groups is 2. The molecule has 3 N–H and O–H groups in total. The average Bonchev–Trinajstić information content (AvgIpc) is 2.55. The zero-order valence-corrected chi connectivity index (χ0v) is 17.1. The minimum atomic E-state index is -0.215. The van der Waals surface area contributed by atoms with E-state index in [2.05, 4.69) is 50.2 Å². The number of hydrogen-bond acceptors (Lipinski definition) is 4. The number of carbonyl (C=O) groups excluding carboxylic acids is 2. The fourth-order valence-corrected chi connectivity index (χ4v) is 2.22. The van der Waals surface area contributed by atoms with Crippen molar-refractivity contribution in [2.75, 3.05) is 19.6 Å². The van der Waals surface area contributed by atoms with Crippen molar-refractivity contribution in [3.8, 4) is 0 Å². The topological polar surface area (TPSA) is 70.2 Å². The molecule has 1 amide bonds. The van der Waals surface area contributed by atoms with Gasteiger partial charge in [0.1, 0.15) is 5.78 Å². The van der Waals surface area contributed by atoms with Gasteiger partial charge in [0.25, 0.3) is 0 Å². The number of Topliss-reactive ketones (excluding diaryl/α,β-unsaturated/α-hetero) is 1. The van der Waals surface area contributed by atoms with E-state index in [-0.39, 0.29) is 35.1 Å². The highest BCUT2D eigenvalue weighted by Gasteiger charge is 2.23. The maximum Gasteiger partial charge on any atom is 0.220 e. The molecule has 25 heavy (non-hydrogen) atoms. The van der Waals surface area contributed by atoms with Crippen LogP contribution in [0, 0.1) is 5.92 Å². The Kier molecular flexibility index (Phi) is 10.9. The van der Waals surface area contributed by atoms with Crippen molar-refractivity contribution >= 4 is 11.7 Å². The Morgan fingerprint density at radius 3 is 2.20 bits per heavy atom. The summed E-state index contributed by atoms with van der Waals surface area (Å²) in [5, 5.41) is 9.93.